The van der Waals surface area contributed by atoms with Crippen molar-refractivity contribution in [3.8, 4) is 0 Å². The number of carbonyl (C=O) groups excluding carboxylic acids is 2. The van der Waals surface area contributed by atoms with Gasteiger partial charge < -0.3 is 10.1 Å². The highest BCUT2D eigenvalue weighted by molar-refractivity contribution is 9.10. The highest BCUT2D eigenvalue weighted by Crippen LogP contribution is 2.09. The zero-order valence-electron chi connectivity index (χ0n) is 11.4. The maximum Gasteiger partial charge on any atom is 0.328 e. The summed E-state index contributed by atoms with van der Waals surface area (Å²) >= 11 is 3.18. The third-order valence-corrected chi connectivity index (χ3v) is 2.57. The molecule has 1 amide bonds. The Kier molecular flexibility index (Phi) is 5.05. The number of ether oxygens (including phenoxy) is 1. The van der Waals surface area contributed by atoms with E-state index in [4.69, 9.17) is 4.74 Å². The number of hydrogen-bond donors (Lipinski definition) is 1. The van der Waals surface area contributed by atoms with Crippen LogP contribution in [0.2, 0.25) is 0 Å². The molecule has 0 bridgehead atoms. The number of hydrogen-bond acceptors (Lipinski definition) is 4. The molecule has 1 rings (SSSR count). The molecule has 1 aromatic heterocycles. The average Bonchev–Trinajstić information content (AvgIpc) is 2.27. The second-order valence-electron chi connectivity index (χ2n) is 5.10. The molecule has 1 atom stereocenters. The largest absolute Gasteiger partial charge is 0.458 e. The quantitative estimate of drug-likeness (QED) is 0.682. The second kappa shape index (κ2) is 6.14. The molecule has 1 N–H and O–H groups in total. The first-order chi connectivity index (χ1) is 8.69. The van der Waals surface area contributed by atoms with Gasteiger partial charge in [0.25, 0.3) is 5.91 Å². The minimum atomic E-state index is -0.713. The van der Waals surface area contributed by atoms with Crippen LogP contribution in [0.25, 0.3) is 0 Å². The number of aromatic nitrogens is 1. The van der Waals surface area contributed by atoms with Gasteiger partial charge in [-0.25, -0.2) is 9.78 Å². The molecule has 19 heavy (non-hydrogen) atoms. The molecule has 5 nitrogen and oxygen atoms in total. The van der Waals surface area contributed by atoms with Gasteiger partial charge in [0.2, 0.25) is 0 Å². The van der Waals surface area contributed by atoms with Gasteiger partial charge in [0.05, 0.1) is 5.56 Å². The topological polar surface area (TPSA) is 68.3 Å². The first-order valence-electron chi connectivity index (χ1n) is 5.84. The lowest BCUT2D eigenvalue weighted by atomic mass is 10.2. The van der Waals surface area contributed by atoms with E-state index < -0.39 is 17.6 Å². The fraction of sp³-hybridized carbons (Fsp3) is 0.462. The first kappa shape index (κ1) is 15.6. The van der Waals surface area contributed by atoms with E-state index in [1.807, 2.05) is 0 Å². The van der Waals surface area contributed by atoms with Crippen LogP contribution in [0.1, 0.15) is 38.1 Å². The molecule has 104 valence electrons. The summed E-state index contributed by atoms with van der Waals surface area (Å²) in [6, 6.07) is 2.57. The van der Waals surface area contributed by atoms with Crippen LogP contribution >= 0.6 is 15.9 Å². The summed E-state index contributed by atoms with van der Waals surface area (Å²) in [5, 5.41) is 2.57. The summed E-state index contributed by atoms with van der Waals surface area (Å²) in [7, 11) is 0. The molecule has 0 fully saturated rings. The Balaban J connectivity index is 2.61. The van der Waals surface area contributed by atoms with Gasteiger partial charge in [-0.1, -0.05) is 0 Å². The number of halogens is 1. The van der Waals surface area contributed by atoms with Crippen molar-refractivity contribution in [3.63, 3.8) is 0 Å². The third kappa shape index (κ3) is 5.38. The molecule has 0 aliphatic heterocycles. The summed E-state index contributed by atoms with van der Waals surface area (Å²) in [6.07, 6.45) is 1.43. The van der Waals surface area contributed by atoms with Gasteiger partial charge in [0.15, 0.2) is 0 Å². The Labute approximate surface area is 120 Å². The van der Waals surface area contributed by atoms with E-state index >= 15 is 0 Å². The smallest absolute Gasteiger partial charge is 0.328 e. The van der Waals surface area contributed by atoms with Crippen LogP contribution in [-0.2, 0) is 9.53 Å². The number of nitrogens with zero attached hydrogens (tertiary/aromatic N) is 1. The second-order valence-corrected chi connectivity index (χ2v) is 5.91. The Hall–Kier alpha value is -1.43. The van der Waals surface area contributed by atoms with Crippen LogP contribution in [0, 0.1) is 0 Å². The van der Waals surface area contributed by atoms with E-state index in [-0.39, 0.29) is 5.91 Å². The summed E-state index contributed by atoms with van der Waals surface area (Å²) in [6.45, 7) is 6.91. The zero-order valence-corrected chi connectivity index (χ0v) is 12.9. The van der Waals surface area contributed by atoms with Crippen LogP contribution in [0.3, 0.4) is 0 Å². The van der Waals surface area contributed by atoms with Crippen LogP contribution in [0.4, 0.5) is 0 Å². The number of pyridine rings is 1. The van der Waals surface area contributed by atoms with Gasteiger partial charge in [0, 0.05) is 6.20 Å². The standard InChI is InChI=1S/C13H17BrN2O3/c1-8(12(18)19-13(2,3)4)16-11(17)9-5-6-10(14)15-7-9/h5-8H,1-4H3,(H,16,17)/t8-/m1/s1. The molecule has 0 aromatic carbocycles. The molecule has 6 heteroatoms. The van der Waals surface area contributed by atoms with Crippen molar-refractivity contribution in [1.82, 2.24) is 10.3 Å². The first-order valence-corrected chi connectivity index (χ1v) is 6.63. The third-order valence-electron chi connectivity index (χ3n) is 2.10. The lowest BCUT2D eigenvalue weighted by molar-refractivity contribution is -0.156. The van der Waals surface area contributed by atoms with Crippen LogP contribution < -0.4 is 5.32 Å². The van der Waals surface area contributed by atoms with E-state index in [0.717, 1.165) is 0 Å². The van der Waals surface area contributed by atoms with E-state index in [9.17, 15) is 9.59 Å². The number of esters is 1. The summed E-state index contributed by atoms with van der Waals surface area (Å²) in [5.74, 6) is -0.829. The summed E-state index contributed by atoms with van der Waals surface area (Å²) in [4.78, 5) is 27.5. The van der Waals surface area contributed by atoms with Gasteiger partial charge in [-0.05, 0) is 55.8 Å². The van der Waals surface area contributed by atoms with Crippen LogP contribution in [-0.4, -0.2) is 28.5 Å². The van der Waals surface area contributed by atoms with Crippen molar-refractivity contribution in [2.45, 2.75) is 39.3 Å². The fourth-order valence-corrected chi connectivity index (χ4v) is 1.47. The van der Waals surface area contributed by atoms with Crippen molar-refractivity contribution in [2.24, 2.45) is 0 Å². The molecule has 1 aromatic rings. The predicted molar refractivity (Wildman–Crippen MR) is 74.7 cm³/mol. The number of amides is 1. The highest BCUT2D eigenvalue weighted by Gasteiger charge is 2.23. The Morgan fingerprint density at radius 2 is 2.00 bits per heavy atom. The number of carbonyl (C=O) groups is 2. The molecule has 0 aliphatic rings. The minimum absolute atomic E-state index is 0.363. The fourth-order valence-electron chi connectivity index (χ4n) is 1.24. The maximum absolute atomic E-state index is 11.9. The minimum Gasteiger partial charge on any atom is -0.458 e. The van der Waals surface area contributed by atoms with Crippen molar-refractivity contribution in [1.29, 1.82) is 0 Å². The Morgan fingerprint density at radius 1 is 1.37 bits per heavy atom. The van der Waals surface area contributed by atoms with Crippen LogP contribution in [0.15, 0.2) is 22.9 Å². The Morgan fingerprint density at radius 3 is 2.47 bits per heavy atom. The van der Waals surface area contributed by atoms with Gasteiger partial charge in [0.1, 0.15) is 16.2 Å². The molecule has 0 aliphatic carbocycles. The van der Waals surface area contributed by atoms with E-state index in [0.29, 0.717) is 10.2 Å². The van der Waals surface area contributed by atoms with Gasteiger partial charge >= 0.3 is 5.97 Å². The molecule has 0 saturated carbocycles. The molecule has 0 spiro atoms. The van der Waals surface area contributed by atoms with Crippen LogP contribution in [0.5, 0.6) is 0 Å². The monoisotopic (exact) mass is 328 g/mol. The zero-order chi connectivity index (χ0) is 14.6. The lowest BCUT2D eigenvalue weighted by Crippen LogP contribution is -2.42. The van der Waals surface area contributed by atoms with E-state index in [1.165, 1.54) is 6.20 Å². The molecular weight excluding hydrogens is 312 g/mol. The van der Waals surface area contributed by atoms with Gasteiger partial charge in [-0.15, -0.1) is 0 Å². The maximum atomic E-state index is 11.9. The van der Waals surface area contributed by atoms with Crippen molar-refractivity contribution in [2.75, 3.05) is 0 Å². The number of rotatable bonds is 3. The molecule has 0 unspecified atom stereocenters. The Bertz CT molecular complexity index is 466. The lowest BCUT2D eigenvalue weighted by Gasteiger charge is -2.22. The molecule has 1 heterocycles. The van der Waals surface area contributed by atoms with Gasteiger partial charge in [-0.2, -0.15) is 0 Å². The van der Waals surface area contributed by atoms with E-state index in [1.54, 1.807) is 39.8 Å². The van der Waals surface area contributed by atoms with Crippen molar-refractivity contribution < 1.29 is 14.3 Å². The van der Waals surface area contributed by atoms with E-state index in [2.05, 4.69) is 26.2 Å². The number of nitrogens with one attached hydrogen (secondary N) is 1. The molecule has 0 radical (unpaired) electrons. The van der Waals surface area contributed by atoms with Crippen molar-refractivity contribution in [3.05, 3.63) is 28.5 Å². The average molecular weight is 329 g/mol. The highest BCUT2D eigenvalue weighted by atomic mass is 79.9. The molecule has 0 saturated heterocycles. The predicted octanol–water partition coefficient (Wildman–Crippen LogP) is 2.30. The summed E-state index contributed by atoms with van der Waals surface area (Å²) in [5.41, 5.74) is -0.187. The van der Waals surface area contributed by atoms with Crippen molar-refractivity contribution >= 4 is 27.8 Å². The summed E-state index contributed by atoms with van der Waals surface area (Å²) < 4.78 is 5.82. The SMILES string of the molecule is C[C@@H](NC(=O)c1ccc(Br)nc1)C(=O)OC(C)(C)C. The van der Waals surface area contributed by atoms with Gasteiger partial charge in [-0.3, -0.25) is 4.79 Å². The molecular formula is C13H17BrN2O3. The normalized spacial score (nSPS) is 12.7.